The van der Waals surface area contributed by atoms with Crippen LogP contribution in [0.1, 0.15) is 6.92 Å². The van der Waals surface area contributed by atoms with Gasteiger partial charge in [0.05, 0.1) is 14.2 Å². The van der Waals surface area contributed by atoms with Crippen LogP contribution < -0.4 is 0 Å². The highest BCUT2D eigenvalue weighted by Gasteiger charge is 2.52. The van der Waals surface area contributed by atoms with E-state index in [9.17, 15) is 26.4 Å². The summed E-state index contributed by atoms with van der Waals surface area (Å²) in [6, 6.07) is 0. The summed E-state index contributed by atoms with van der Waals surface area (Å²) >= 11 is 0. The molecule has 1 heterocycles. The molecule has 0 spiro atoms. The van der Waals surface area contributed by atoms with Crippen LogP contribution in [-0.4, -0.2) is 59.8 Å². The molecule has 1 saturated heterocycles. The van der Waals surface area contributed by atoms with Crippen molar-refractivity contribution < 1.29 is 44.3 Å². The van der Waals surface area contributed by atoms with Crippen LogP contribution in [-0.2, 0) is 47.7 Å². The fraction of sp³-hybridized carbons (Fsp3) is 0.750. The molecule has 10 nitrogen and oxygen atoms in total. The number of carbonyl (C=O) groups excluding carboxylic acids is 2. The van der Waals surface area contributed by atoms with Crippen LogP contribution in [0.4, 0.5) is 0 Å². The Morgan fingerprint density at radius 3 is 1.40 bits per heavy atom. The molecular weight excluding hydrogens is 320 g/mol. The van der Waals surface area contributed by atoms with E-state index in [1.807, 2.05) is 0 Å². The van der Waals surface area contributed by atoms with Gasteiger partial charge in [0, 0.05) is 0 Å². The Morgan fingerprint density at radius 1 is 0.850 bits per heavy atom. The van der Waals surface area contributed by atoms with Gasteiger partial charge in [0.1, 0.15) is 0 Å². The van der Waals surface area contributed by atoms with Crippen molar-refractivity contribution in [2.75, 3.05) is 14.2 Å². The van der Waals surface area contributed by atoms with E-state index >= 15 is 0 Å². The summed E-state index contributed by atoms with van der Waals surface area (Å²) in [5.41, 5.74) is 0. The smallest absolute Gasteiger partial charge is 0.340 e. The van der Waals surface area contributed by atoms with Gasteiger partial charge in [-0.2, -0.15) is 16.8 Å². The summed E-state index contributed by atoms with van der Waals surface area (Å²) in [4.78, 5) is 22.9. The molecule has 0 amide bonds. The average molecular weight is 332 g/mol. The molecule has 1 fully saturated rings. The molecule has 1 aliphatic heterocycles. The highest BCUT2D eigenvalue weighted by Crippen LogP contribution is 2.25. The monoisotopic (exact) mass is 332 g/mol. The predicted octanol–water partition coefficient (Wildman–Crippen LogP) is -1.88. The maximum Gasteiger partial charge on any atom is 0.340 e. The van der Waals surface area contributed by atoms with E-state index in [0.717, 1.165) is 21.1 Å². The summed E-state index contributed by atoms with van der Waals surface area (Å²) in [5.74, 6) is -2.60. The van der Waals surface area contributed by atoms with E-state index in [0.29, 0.717) is 0 Å². The van der Waals surface area contributed by atoms with Crippen LogP contribution in [0.15, 0.2) is 0 Å². The van der Waals surface area contributed by atoms with Crippen LogP contribution in [0.3, 0.4) is 0 Å². The van der Waals surface area contributed by atoms with Gasteiger partial charge in [0.2, 0.25) is 16.8 Å². The van der Waals surface area contributed by atoms with Gasteiger partial charge in [-0.25, -0.2) is 9.59 Å². The van der Waals surface area contributed by atoms with Crippen molar-refractivity contribution in [3.8, 4) is 0 Å². The maximum absolute atomic E-state index is 11.7. The number of methoxy groups -OCH3 is 2. The highest BCUT2D eigenvalue weighted by molar-refractivity contribution is 8.04. The highest BCUT2D eigenvalue weighted by atomic mass is 32.3. The number of hydrogen-bond donors (Lipinski definition) is 0. The van der Waals surface area contributed by atoms with Gasteiger partial charge < -0.3 is 9.47 Å². The molecule has 0 radical (unpaired) electrons. The van der Waals surface area contributed by atoms with Crippen LogP contribution in [0, 0.1) is 0 Å². The molecule has 0 aliphatic carbocycles. The normalized spacial score (nSPS) is 31.9. The second-order valence-corrected chi connectivity index (χ2v) is 7.70. The van der Waals surface area contributed by atoms with E-state index in [1.54, 1.807) is 0 Å². The molecule has 1 rings (SSSR count). The minimum atomic E-state index is -4.71. The molecule has 0 aromatic rings. The van der Waals surface area contributed by atoms with Gasteiger partial charge in [0.15, 0.2) is 0 Å². The SMILES string of the molecule is COC(=O)C1OS(=O)(=O)C(C)S(=O)(=O)OC1C(=O)OC. The third-order valence-corrected chi connectivity index (χ3v) is 6.42. The van der Waals surface area contributed by atoms with Crippen LogP contribution in [0.25, 0.3) is 0 Å². The van der Waals surface area contributed by atoms with E-state index in [1.165, 1.54) is 0 Å². The van der Waals surface area contributed by atoms with E-state index in [4.69, 9.17) is 0 Å². The topological polar surface area (TPSA) is 139 Å². The van der Waals surface area contributed by atoms with E-state index < -0.39 is 49.0 Å². The minimum Gasteiger partial charge on any atom is -0.467 e. The van der Waals surface area contributed by atoms with E-state index in [-0.39, 0.29) is 0 Å². The largest absolute Gasteiger partial charge is 0.467 e. The van der Waals surface area contributed by atoms with Crippen LogP contribution in [0.2, 0.25) is 0 Å². The van der Waals surface area contributed by atoms with Crippen LogP contribution >= 0.6 is 0 Å². The first-order chi connectivity index (χ1) is 9.06. The molecule has 1 aliphatic rings. The van der Waals surface area contributed by atoms with Crippen molar-refractivity contribution in [3.63, 3.8) is 0 Å². The van der Waals surface area contributed by atoms with Crippen molar-refractivity contribution in [2.45, 2.75) is 23.7 Å². The second-order valence-electron chi connectivity index (χ2n) is 3.63. The van der Waals surface area contributed by atoms with Gasteiger partial charge in [-0.15, -0.1) is 0 Å². The molecule has 20 heavy (non-hydrogen) atoms. The number of hydrogen-bond acceptors (Lipinski definition) is 10. The first-order valence-corrected chi connectivity index (χ1v) is 8.01. The van der Waals surface area contributed by atoms with E-state index in [2.05, 4.69) is 17.8 Å². The maximum atomic E-state index is 11.7. The average Bonchev–Trinajstić information content (AvgIpc) is 2.45. The Balaban J connectivity index is 3.41. The van der Waals surface area contributed by atoms with Gasteiger partial charge in [-0.05, 0) is 6.92 Å². The zero-order valence-corrected chi connectivity index (χ0v) is 12.3. The molecule has 0 bridgehead atoms. The zero-order chi connectivity index (χ0) is 15.7. The van der Waals surface area contributed by atoms with Crippen molar-refractivity contribution in [1.29, 1.82) is 0 Å². The van der Waals surface area contributed by atoms with Gasteiger partial charge in [-0.1, -0.05) is 0 Å². The first-order valence-electron chi connectivity index (χ1n) is 5.06. The van der Waals surface area contributed by atoms with Crippen molar-refractivity contribution >= 4 is 32.2 Å². The molecule has 0 saturated carbocycles. The standard InChI is InChI=1S/C8H12O10S2/c1-4-19(11,12)17-5(7(9)15-2)6(8(10)16-3)18-20(4,13)14/h4-6H,1-3H3. The lowest BCUT2D eigenvalue weighted by Gasteiger charge is -2.17. The summed E-state index contributed by atoms with van der Waals surface area (Å²) in [7, 11) is -7.62. The third kappa shape index (κ3) is 3.08. The van der Waals surface area contributed by atoms with Crippen molar-refractivity contribution in [1.82, 2.24) is 0 Å². The van der Waals surface area contributed by atoms with Crippen molar-refractivity contribution in [3.05, 3.63) is 0 Å². The van der Waals surface area contributed by atoms with Gasteiger partial charge >= 0.3 is 11.9 Å². The third-order valence-electron chi connectivity index (χ3n) is 2.43. The Bertz CT molecular complexity index is 549. The fourth-order valence-corrected chi connectivity index (χ4v) is 3.93. The lowest BCUT2D eigenvalue weighted by molar-refractivity contribution is -0.164. The molecule has 0 N–H and O–H groups in total. The molecule has 2 unspecified atom stereocenters. The molecule has 116 valence electrons. The lowest BCUT2D eigenvalue weighted by Crippen LogP contribution is -2.44. The molecule has 12 heteroatoms. The van der Waals surface area contributed by atoms with Gasteiger partial charge in [0.25, 0.3) is 20.2 Å². The van der Waals surface area contributed by atoms with Crippen molar-refractivity contribution in [2.24, 2.45) is 0 Å². The number of carbonyl (C=O) groups is 2. The molecular formula is C8H12O10S2. The fourth-order valence-electron chi connectivity index (χ4n) is 1.25. The van der Waals surface area contributed by atoms with Crippen LogP contribution in [0.5, 0.6) is 0 Å². The molecule has 2 atom stereocenters. The Morgan fingerprint density at radius 2 is 1.15 bits per heavy atom. The van der Waals surface area contributed by atoms with Gasteiger partial charge in [-0.3, -0.25) is 8.37 Å². The second kappa shape index (κ2) is 5.63. The minimum absolute atomic E-state index is 0.776. The molecule has 0 aromatic carbocycles. The summed E-state index contributed by atoms with van der Waals surface area (Å²) < 4.78 is 61.9. The lowest BCUT2D eigenvalue weighted by atomic mass is 10.2. The number of rotatable bonds is 2. The quantitative estimate of drug-likeness (QED) is 0.417. The first kappa shape index (κ1) is 16.8. The summed E-state index contributed by atoms with van der Waals surface area (Å²) in [5, 5.41) is 0. The summed E-state index contributed by atoms with van der Waals surface area (Å²) in [6.07, 6.45) is -4.23. The Kier molecular flexibility index (Phi) is 4.74. The number of ether oxygens (including phenoxy) is 2. The summed E-state index contributed by atoms with van der Waals surface area (Å²) in [6.45, 7) is 0.776. The Labute approximate surface area is 115 Å². The predicted molar refractivity (Wildman–Crippen MR) is 61.1 cm³/mol. The zero-order valence-electron chi connectivity index (χ0n) is 10.6. The number of esters is 2. The molecule has 0 aromatic heterocycles. The Hall–Kier alpha value is -1.24.